The van der Waals surface area contributed by atoms with E-state index in [2.05, 4.69) is 5.10 Å². The monoisotopic (exact) mass is 276 g/mol. The molecule has 1 aliphatic rings. The minimum atomic E-state index is -0.897. The summed E-state index contributed by atoms with van der Waals surface area (Å²) in [7, 11) is 0. The van der Waals surface area contributed by atoms with Gasteiger partial charge in [-0.3, -0.25) is 0 Å². The van der Waals surface area contributed by atoms with Crippen molar-refractivity contribution in [2.45, 2.75) is 0 Å². The van der Waals surface area contributed by atoms with Gasteiger partial charge in [-0.25, -0.2) is 0 Å². The van der Waals surface area contributed by atoms with Crippen LogP contribution in [0.2, 0.25) is 5.02 Å². The van der Waals surface area contributed by atoms with Gasteiger partial charge in [0.25, 0.3) is 0 Å². The minimum Gasteiger partial charge on any atom is -0.599 e. The van der Waals surface area contributed by atoms with Gasteiger partial charge in [-0.1, -0.05) is 39.9 Å². The average molecular weight is 278 g/mol. The van der Waals surface area contributed by atoms with Crippen LogP contribution in [0, 0.1) is 5.21 Å². The number of nitrogens with zero attached hydrogens (tertiary/aromatic N) is 2. The van der Waals surface area contributed by atoms with Crippen molar-refractivity contribution in [3.63, 3.8) is 0 Å². The minimum absolute atomic E-state index is 0.00147. The second-order valence-electron chi connectivity index (χ2n) is 3.33. The van der Waals surface area contributed by atoms with Crippen molar-refractivity contribution >= 4 is 46.7 Å². The van der Waals surface area contributed by atoms with Gasteiger partial charge < -0.3 is 5.21 Å². The zero-order valence-corrected chi connectivity index (χ0v) is 10.3. The summed E-state index contributed by atoms with van der Waals surface area (Å²) in [5, 5.41) is 17.3. The molecule has 1 aromatic carbocycles. The van der Waals surface area contributed by atoms with Crippen molar-refractivity contribution in [2.24, 2.45) is 5.10 Å². The lowest BCUT2D eigenvalue weighted by molar-refractivity contribution is 0.427. The van der Waals surface area contributed by atoms with E-state index in [1.54, 1.807) is 24.3 Å². The highest BCUT2D eigenvalue weighted by Crippen LogP contribution is 2.30. The normalized spacial score (nSPS) is 25.0. The fourth-order valence-electron chi connectivity index (χ4n) is 1.35. The first-order chi connectivity index (χ1) is 7.51. The van der Waals surface area contributed by atoms with Gasteiger partial charge in [0.15, 0.2) is 5.69 Å². The molecule has 0 N–H and O–H groups in total. The van der Waals surface area contributed by atoms with Gasteiger partial charge in [-0.05, 0) is 12.1 Å². The molecule has 0 bridgehead atoms. The van der Waals surface area contributed by atoms with Crippen molar-refractivity contribution in [2.75, 3.05) is 6.54 Å². The molecule has 0 radical (unpaired) electrons. The Kier molecular flexibility index (Phi) is 3.24. The van der Waals surface area contributed by atoms with Crippen molar-refractivity contribution in [3.8, 4) is 0 Å². The first-order valence-electron chi connectivity index (χ1n) is 4.46. The van der Waals surface area contributed by atoms with Crippen LogP contribution in [0.3, 0.4) is 0 Å². The largest absolute Gasteiger partial charge is 0.599 e. The van der Waals surface area contributed by atoms with E-state index < -0.39 is 4.76 Å². The Bertz CT molecular complexity index is 469. The molecular weight excluding hydrogens is 270 g/mol. The summed E-state index contributed by atoms with van der Waals surface area (Å²) in [6.45, 7) is -0.00147. The van der Waals surface area contributed by atoms with Crippen LogP contribution in [0.5, 0.6) is 0 Å². The Morgan fingerprint density at radius 3 is 2.31 bits per heavy atom. The molecule has 0 fully saturated rings. The second kappa shape index (κ2) is 4.35. The predicted molar refractivity (Wildman–Crippen MR) is 68.7 cm³/mol. The van der Waals surface area contributed by atoms with Crippen molar-refractivity contribution in [3.05, 3.63) is 44.6 Å². The molecular formula is C10H7Cl3N2O. The molecule has 0 aliphatic carbocycles. The van der Waals surface area contributed by atoms with E-state index in [1.807, 2.05) is 0 Å². The molecule has 0 aromatic heterocycles. The number of allylic oxidation sites excluding steroid dienone is 1. The molecule has 84 valence electrons. The maximum atomic E-state index is 12.3. The van der Waals surface area contributed by atoms with Crippen LogP contribution in [0.25, 0.3) is 0 Å². The number of hydroxylamine groups is 1. The van der Waals surface area contributed by atoms with Crippen LogP contribution < -0.4 is 4.76 Å². The van der Waals surface area contributed by atoms with E-state index in [4.69, 9.17) is 34.8 Å². The lowest BCUT2D eigenvalue weighted by Crippen LogP contribution is -2.40. The van der Waals surface area contributed by atoms with E-state index in [9.17, 15) is 5.21 Å². The topological polar surface area (TPSA) is 35.4 Å². The Morgan fingerprint density at radius 2 is 1.75 bits per heavy atom. The molecule has 0 spiro atoms. The first kappa shape index (κ1) is 11.9. The fraction of sp³-hybridized carbons (Fsp3) is 0.100. The summed E-state index contributed by atoms with van der Waals surface area (Å²) in [5.41, 5.74) is 0.461. The van der Waals surface area contributed by atoms with Gasteiger partial charge in [0, 0.05) is 17.2 Å². The highest BCUT2D eigenvalue weighted by Gasteiger charge is 2.26. The van der Waals surface area contributed by atoms with Crippen LogP contribution >= 0.6 is 34.8 Å². The maximum absolute atomic E-state index is 12.3. The Hall–Kier alpha value is -0.580. The molecule has 16 heavy (non-hydrogen) atoms. The van der Waals surface area contributed by atoms with Gasteiger partial charge in [0.2, 0.25) is 0 Å². The van der Waals surface area contributed by atoms with E-state index in [0.717, 1.165) is 0 Å². The van der Waals surface area contributed by atoms with Gasteiger partial charge in [0.05, 0.1) is 10.1 Å². The lowest BCUT2D eigenvalue weighted by atomic mass is 10.3. The summed E-state index contributed by atoms with van der Waals surface area (Å²) in [5.74, 6) is 0. The van der Waals surface area contributed by atoms with Crippen molar-refractivity contribution < 1.29 is 0 Å². The first-order valence-corrected chi connectivity index (χ1v) is 5.60. The van der Waals surface area contributed by atoms with Gasteiger partial charge in [-0.15, -0.1) is 0 Å². The molecule has 1 aliphatic heterocycles. The summed E-state index contributed by atoms with van der Waals surface area (Å²) in [6, 6.07) is 6.52. The Labute approximate surface area is 108 Å². The summed E-state index contributed by atoms with van der Waals surface area (Å²) in [6.07, 6.45) is 1.27. The smallest absolute Gasteiger partial charge is 0.159 e. The fourth-order valence-corrected chi connectivity index (χ4v) is 1.79. The molecule has 0 amide bonds. The lowest BCUT2D eigenvalue weighted by Gasteiger charge is -2.36. The van der Waals surface area contributed by atoms with Crippen molar-refractivity contribution in [1.82, 2.24) is 4.76 Å². The average Bonchev–Trinajstić information content (AvgIpc) is 2.25. The van der Waals surface area contributed by atoms with Gasteiger partial charge in [-0.2, -0.15) is 4.76 Å². The van der Waals surface area contributed by atoms with Crippen LogP contribution in [0.15, 0.2) is 39.4 Å². The summed E-state index contributed by atoms with van der Waals surface area (Å²) >= 11 is 17.3. The summed E-state index contributed by atoms with van der Waals surface area (Å²) in [4.78, 5) is 0. The van der Waals surface area contributed by atoms with Gasteiger partial charge >= 0.3 is 0 Å². The number of quaternary nitrogens is 1. The van der Waals surface area contributed by atoms with Crippen LogP contribution in [0.4, 0.5) is 5.69 Å². The molecule has 0 saturated heterocycles. The SMILES string of the molecule is [O-][N+]1(c2ccc(Cl)cc2)CC(Cl)=C(Cl)C=N1. The van der Waals surface area contributed by atoms with E-state index in [0.29, 0.717) is 20.8 Å². The van der Waals surface area contributed by atoms with Crippen LogP contribution in [-0.2, 0) is 0 Å². The Morgan fingerprint density at radius 1 is 1.12 bits per heavy atom. The van der Waals surface area contributed by atoms with Gasteiger partial charge in [0.1, 0.15) is 12.8 Å². The molecule has 3 nitrogen and oxygen atoms in total. The zero-order chi connectivity index (χ0) is 11.8. The third kappa shape index (κ3) is 2.24. The maximum Gasteiger partial charge on any atom is 0.159 e. The van der Waals surface area contributed by atoms with Crippen LogP contribution in [-0.4, -0.2) is 12.8 Å². The van der Waals surface area contributed by atoms with Crippen LogP contribution in [0.1, 0.15) is 0 Å². The molecule has 1 unspecified atom stereocenters. The van der Waals surface area contributed by atoms with E-state index in [1.165, 1.54) is 6.21 Å². The standard InChI is InChI=1S/C10H7Cl3N2O/c11-7-1-3-8(4-2-7)15(16)6-10(13)9(12)5-14-15/h1-5H,6H2. The summed E-state index contributed by atoms with van der Waals surface area (Å²) < 4.78 is -0.897. The molecule has 1 atom stereocenters. The zero-order valence-electron chi connectivity index (χ0n) is 8.03. The number of rotatable bonds is 1. The van der Waals surface area contributed by atoms with Crippen molar-refractivity contribution in [1.29, 1.82) is 0 Å². The predicted octanol–water partition coefficient (Wildman–Crippen LogP) is 3.83. The molecule has 2 rings (SSSR count). The van der Waals surface area contributed by atoms with E-state index in [-0.39, 0.29) is 6.54 Å². The molecule has 1 aromatic rings. The third-order valence-corrected chi connectivity index (χ3v) is 3.20. The molecule has 0 saturated carbocycles. The Balaban J connectivity index is 2.35. The quantitative estimate of drug-likeness (QED) is 0.567. The highest BCUT2D eigenvalue weighted by atomic mass is 35.5. The molecule has 1 heterocycles. The number of benzene rings is 1. The second-order valence-corrected chi connectivity index (χ2v) is 4.63. The highest BCUT2D eigenvalue weighted by molar-refractivity contribution is 6.46. The third-order valence-electron chi connectivity index (χ3n) is 2.20. The molecule has 6 heteroatoms. The number of hydrogen-bond acceptors (Lipinski definition) is 2. The van der Waals surface area contributed by atoms with E-state index >= 15 is 0 Å². The number of halogens is 3. The number of hydrogen-bond donors (Lipinski definition) is 0.